The molecule has 0 aliphatic carbocycles. The molecule has 9 heteroatoms. The van der Waals surface area contributed by atoms with Crippen LogP contribution in [0.5, 0.6) is 0 Å². The summed E-state index contributed by atoms with van der Waals surface area (Å²) in [5.41, 5.74) is 3.38. The van der Waals surface area contributed by atoms with Crippen molar-refractivity contribution in [3.63, 3.8) is 0 Å². The maximum Gasteiger partial charge on any atom is 0.308 e. The molecule has 1 unspecified atom stereocenters. The standard InChI is InChI=1S/C25H28N4O5/c1-16(2)34-24(30)14-22(21-7-5-6-8-23(21)29(32)33)26-25(31)20-11-9-19(10-12-20)15-28-18(4)13-17(3)27-28/h5-13,16,22H,14-15H2,1-4H3,(H,26,31). The van der Waals surface area contributed by atoms with Gasteiger partial charge in [-0.15, -0.1) is 0 Å². The second kappa shape index (κ2) is 10.7. The van der Waals surface area contributed by atoms with Crippen LogP contribution >= 0.6 is 0 Å². The molecule has 1 aromatic heterocycles. The summed E-state index contributed by atoms with van der Waals surface area (Å²) in [5.74, 6) is -1.00. The van der Waals surface area contributed by atoms with Gasteiger partial charge >= 0.3 is 5.97 Å². The highest BCUT2D eigenvalue weighted by atomic mass is 16.6. The molecule has 0 bridgehead atoms. The van der Waals surface area contributed by atoms with Crippen molar-refractivity contribution in [3.05, 3.63) is 92.8 Å². The maximum absolute atomic E-state index is 13.0. The number of nitrogens with one attached hydrogen (secondary N) is 1. The molecular weight excluding hydrogens is 436 g/mol. The first-order valence-corrected chi connectivity index (χ1v) is 11.0. The fourth-order valence-corrected chi connectivity index (χ4v) is 3.68. The third kappa shape index (κ3) is 6.28. The van der Waals surface area contributed by atoms with Gasteiger partial charge in [-0.25, -0.2) is 0 Å². The number of hydrogen-bond donors (Lipinski definition) is 1. The van der Waals surface area contributed by atoms with E-state index in [-0.39, 0.29) is 23.8 Å². The van der Waals surface area contributed by atoms with Crippen LogP contribution in [0, 0.1) is 24.0 Å². The molecule has 0 spiro atoms. The topological polar surface area (TPSA) is 116 Å². The molecule has 0 aliphatic rings. The molecule has 178 valence electrons. The molecule has 2 aromatic carbocycles. The quantitative estimate of drug-likeness (QED) is 0.287. The second-order valence-electron chi connectivity index (χ2n) is 8.37. The Bertz CT molecular complexity index is 1180. The lowest BCUT2D eigenvalue weighted by molar-refractivity contribution is -0.385. The van der Waals surface area contributed by atoms with Crippen LogP contribution in [0.25, 0.3) is 0 Å². The van der Waals surface area contributed by atoms with E-state index in [9.17, 15) is 19.7 Å². The van der Waals surface area contributed by atoms with Crippen molar-refractivity contribution < 1.29 is 19.2 Å². The molecule has 3 rings (SSSR count). The molecule has 34 heavy (non-hydrogen) atoms. The summed E-state index contributed by atoms with van der Waals surface area (Å²) in [7, 11) is 0. The number of para-hydroxylation sites is 1. The predicted octanol–water partition coefficient (Wildman–Crippen LogP) is 4.27. The number of ether oxygens (including phenoxy) is 1. The van der Waals surface area contributed by atoms with Crippen molar-refractivity contribution in [2.45, 2.75) is 52.8 Å². The fourth-order valence-electron chi connectivity index (χ4n) is 3.68. The summed E-state index contributed by atoms with van der Waals surface area (Å²) >= 11 is 0. The Hall–Kier alpha value is -4.01. The summed E-state index contributed by atoms with van der Waals surface area (Å²) in [6.07, 6.45) is -0.575. The summed E-state index contributed by atoms with van der Waals surface area (Å²) in [4.78, 5) is 36.3. The van der Waals surface area contributed by atoms with E-state index in [1.165, 1.54) is 18.2 Å². The highest BCUT2D eigenvalue weighted by Crippen LogP contribution is 2.28. The van der Waals surface area contributed by atoms with Crippen LogP contribution in [0.1, 0.15) is 59.2 Å². The van der Waals surface area contributed by atoms with Crippen molar-refractivity contribution in [2.75, 3.05) is 0 Å². The number of aryl methyl sites for hydroxylation is 2. The van der Waals surface area contributed by atoms with Crippen molar-refractivity contribution in [3.8, 4) is 0 Å². The van der Waals surface area contributed by atoms with E-state index in [0.29, 0.717) is 12.1 Å². The lowest BCUT2D eigenvalue weighted by Crippen LogP contribution is -2.31. The van der Waals surface area contributed by atoms with E-state index in [1.54, 1.807) is 32.0 Å². The molecular formula is C25H28N4O5. The van der Waals surface area contributed by atoms with Crippen LogP contribution in [0.15, 0.2) is 54.6 Å². The van der Waals surface area contributed by atoms with Gasteiger partial charge in [0.15, 0.2) is 0 Å². The van der Waals surface area contributed by atoms with Gasteiger partial charge in [-0.05, 0) is 51.5 Å². The molecule has 1 amide bonds. The normalized spacial score (nSPS) is 11.8. The molecule has 9 nitrogen and oxygen atoms in total. The molecule has 0 saturated carbocycles. The van der Waals surface area contributed by atoms with Crippen molar-refractivity contribution in [2.24, 2.45) is 0 Å². The van der Waals surface area contributed by atoms with Gasteiger partial charge < -0.3 is 10.1 Å². The third-order valence-corrected chi connectivity index (χ3v) is 5.20. The number of nitro groups is 1. The van der Waals surface area contributed by atoms with Gasteiger partial charge in [-0.3, -0.25) is 24.4 Å². The minimum absolute atomic E-state index is 0.176. The average Bonchev–Trinajstić information content (AvgIpc) is 3.09. The molecule has 1 heterocycles. The molecule has 0 aliphatic heterocycles. The van der Waals surface area contributed by atoms with Crippen LogP contribution in [-0.2, 0) is 16.1 Å². The van der Waals surface area contributed by atoms with Gasteiger partial charge in [-0.2, -0.15) is 5.10 Å². The van der Waals surface area contributed by atoms with Crippen LogP contribution < -0.4 is 5.32 Å². The number of carbonyl (C=O) groups is 2. The number of rotatable bonds is 9. The van der Waals surface area contributed by atoms with Gasteiger partial charge in [0.2, 0.25) is 0 Å². The lowest BCUT2D eigenvalue weighted by Gasteiger charge is -2.19. The smallest absolute Gasteiger partial charge is 0.308 e. The number of benzene rings is 2. The van der Waals surface area contributed by atoms with E-state index >= 15 is 0 Å². The summed E-state index contributed by atoms with van der Waals surface area (Å²) in [5, 5.41) is 18.7. The van der Waals surface area contributed by atoms with Crippen molar-refractivity contribution >= 4 is 17.6 Å². The van der Waals surface area contributed by atoms with E-state index in [2.05, 4.69) is 10.4 Å². The van der Waals surface area contributed by atoms with Crippen LogP contribution in [0.4, 0.5) is 5.69 Å². The number of hydrogen-bond acceptors (Lipinski definition) is 6. The number of amides is 1. The second-order valence-corrected chi connectivity index (χ2v) is 8.37. The fraction of sp³-hybridized carbons (Fsp3) is 0.320. The van der Waals surface area contributed by atoms with E-state index in [1.807, 2.05) is 36.7 Å². The first kappa shape index (κ1) is 24.6. The van der Waals surface area contributed by atoms with Crippen LogP contribution in [0.3, 0.4) is 0 Å². The molecule has 1 atom stereocenters. The Morgan fingerprint density at radius 1 is 1.12 bits per heavy atom. The average molecular weight is 465 g/mol. The summed E-state index contributed by atoms with van der Waals surface area (Å²) < 4.78 is 7.09. The number of aromatic nitrogens is 2. The minimum atomic E-state index is -0.922. The molecule has 3 aromatic rings. The Morgan fingerprint density at radius 3 is 2.38 bits per heavy atom. The summed E-state index contributed by atoms with van der Waals surface area (Å²) in [6.45, 7) is 7.91. The van der Waals surface area contributed by atoms with Crippen LogP contribution in [-0.4, -0.2) is 32.7 Å². The zero-order chi connectivity index (χ0) is 24.8. The van der Waals surface area contributed by atoms with E-state index in [4.69, 9.17) is 4.74 Å². The Kier molecular flexibility index (Phi) is 7.78. The predicted molar refractivity (Wildman–Crippen MR) is 126 cm³/mol. The van der Waals surface area contributed by atoms with Crippen molar-refractivity contribution in [1.29, 1.82) is 0 Å². The molecule has 0 fully saturated rings. The number of nitrogens with zero attached hydrogens (tertiary/aromatic N) is 3. The van der Waals surface area contributed by atoms with Crippen LogP contribution in [0.2, 0.25) is 0 Å². The Labute approximate surface area is 197 Å². The number of nitro benzene ring substituents is 1. The first-order chi connectivity index (χ1) is 16.1. The Balaban J connectivity index is 1.80. The van der Waals surface area contributed by atoms with Gasteiger partial charge in [0.1, 0.15) is 0 Å². The largest absolute Gasteiger partial charge is 0.463 e. The SMILES string of the molecule is Cc1cc(C)n(Cc2ccc(C(=O)NC(CC(=O)OC(C)C)c3ccccc3[N+](=O)[O-])cc2)n1. The Morgan fingerprint density at radius 2 is 1.79 bits per heavy atom. The zero-order valence-corrected chi connectivity index (χ0v) is 19.6. The third-order valence-electron chi connectivity index (χ3n) is 5.20. The first-order valence-electron chi connectivity index (χ1n) is 11.0. The van der Waals surface area contributed by atoms with E-state index < -0.39 is 22.8 Å². The highest BCUT2D eigenvalue weighted by molar-refractivity contribution is 5.94. The van der Waals surface area contributed by atoms with Gasteiger partial charge in [0.25, 0.3) is 11.6 Å². The van der Waals surface area contributed by atoms with Gasteiger partial charge in [-0.1, -0.05) is 30.3 Å². The van der Waals surface area contributed by atoms with Crippen molar-refractivity contribution in [1.82, 2.24) is 15.1 Å². The highest BCUT2D eigenvalue weighted by Gasteiger charge is 2.27. The monoisotopic (exact) mass is 464 g/mol. The van der Waals surface area contributed by atoms with E-state index in [0.717, 1.165) is 17.0 Å². The molecule has 0 saturated heterocycles. The molecule has 1 N–H and O–H groups in total. The molecule has 0 radical (unpaired) electrons. The number of esters is 1. The summed E-state index contributed by atoms with van der Waals surface area (Å²) in [6, 6.07) is 14.1. The maximum atomic E-state index is 13.0. The lowest BCUT2D eigenvalue weighted by atomic mass is 10.0. The number of carbonyl (C=O) groups excluding carboxylic acids is 2. The minimum Gasteiger partial charge on any atom is -0.463 e. The van der Waals surface area contributed by atoms with Gasteiger partial charge in [0, 0.05) is 17.3 Å². The zero-order valence-electron chi connectivity index (χ0n) is 19.6. The van der Waals surface area contributed by atoms with Gasteiger partial charge in [0.05, 0.1) is 41.3 Å².